The zero-order valence-electron chi connectivity index (χ0n) is 23.1. The van der Waals surface area contributed by atoms with Gasteiger partial charge in [-0.05, 0) is 44.4 Å². The first-order chi connectivity index (χ1) is 18.8. The molecule has 0 aliphatic carbocycles. The van der Waals surface area contributed by atoms with Gasteiger partial charge >= 0.3 is 17.8 Å². The van der Waals surface area contributed by atoms with Crippen molar-refractivity contribution in [2.45, 2.75) is 84.1 Å². The lowest BCUT2D eigenvalue weighted by Crippen LogP contribution is -2.48. The highest BCUT2D eigenvalue weighted by Gasteiger charge is 2.39. The standard InChI is InChI=1S/C27H35ClFN3O8/c1-6-15(2)22(30-26(36)40-27(3,4)5)24(34)38-14-20-19(37-13-16-7-9-17(28)10-8-16)11-21(39-20)32-12-18(29)23(33)31-25(32)35/h7-10,12,15,19-22H,6,11,13-14H2,1-5H3,(H,30,36)(H,31,33,35)/t15-,19-,20+,21+,22-/m0/s1. The number of carbonyl (C=O) groups is 2. The van der Waals surface area contributed by atoms with Crippen molar-refractivity contribution >= 4 is 23.7 Å². The number of hydrogen-bond donors (Lipinski definition) is 2. The van der Waals surface area contributed by atoms with Crippen LogP contribution in [0, 0.1) is 11.7 Å². The number of halogens is 2. The fourth-order valence-electron chi connectivity index (χ4n) is 4.01. The first kappa shape index (κ1) is 31.3. The number of rotatable bonds is 10. The van der Waals surface area contributed by atoms with Gasteiger partial charge in [0.25, 0.3) is 5.56 Å². The molecule has 40 heavy (non-hydrogen) atoms. The summed E-state index contributed by atoms with van der Waals surface area (Å²) in [6.07, 6.45) is -1.82. The predicted molar refractivity (Wildman–Crippen MR) is 143 cm³/mol. The number of H-pyrrole nitrogens is 1. The summed E-state index contributed by atoms with van der Waals surface area (Å²) in [5, 5.41) is 3.14. The van der Waals surface area contributed by atoms with Gasteiger partial charge in [0.2, 0.25) is 5.82 Å². The molecule has 11 nitrogen and oxygen atoms in total. The molecule has 1 aliphatic rings. The smallest absolute Gasteiger partial charge is 0.408 e. The van der Waals surface area contributed by atoms with Gasteiger partial charge in [0.05, 0.1) is 18.9 Å². The number of amides is 1. The fourth-order valence-corrected chi connectivity index (χ4v) is 4.14. The van der Waals surface area contributed by atoms with Gasteiger partial charge in [-0.3, -0.25) is 14.3 Å². The van der Waals surface area contributed by atoms with Crippen molar-refractivity contribution in [3.8, 4) is 0 Å². The SMILES string of the molecule is CC[C@H](C)[C@H](NC(=O)OC(C)(C)C)C(=O)OC[C@H]1O[C@@H](n2cc(F)c(=O)[nH]c2=O)C[C@@H]1OCc1ccc(Cl)cc1. The van der Waals surface area contributed by atoms with Crippen LogP contribution in [0.25, 0.3) is 0 Å². The Morgan fingerprint density at radius 3 is 2.55 bits per heavy atom. The Morgan fingerprint density at radius 1 is 1.25 bits per heavy atom. The molecule has 2 N–H and O–H groups in total. The molecule has 0 spiro atoms. The van der Waals surface area contributed by atoms with E-state index in [0.717, 1.165) is 16.3 Å². The number of ether oxygens (including phenoxy) is 4. The third-order valence-electron chi connectivity index (χ3n) is 6.32. The van der Waals surface area contributed by atoms with E-state index in [2.05, 4.69) is 5.32 Å². The molecule has 0 unspecified atom stereocenters. The summed E-state index contributed by atoms with van der Waals surface area (Å²) in [5.41, 5.74) is -1.94. The number of hydrogen-bond acceptors (Lipinski definition) is 8. The Kier molecular flexibility index (Phi) is 10.5. The van der Waals surface area contributed by atoms with E-state index in [1.807, 2.05) is 11.9 Å². The summed E-state index contributed by atoms with van der Waals surface area (Å²) >= 11 is 5.95. The van der Waals surface area contributed by atoms with Crippen LogP contribution in [-0.4, -0.2) is 52.1 Å². The quantitative estimate of drug-likeness (QED) is 0.404. The molecule has 1 aliphatic heterocycles. The maximum Gasteiger partial charge on any atom is 0.408 e. The monoisotopic (exact) mass is 583 g/mol. The van der Waals surface area contributed by atoms with Crippen LogP contribution >= 0.6 is 11.6 Å². The molecule has 0 saturated carbocycles. The highest BCUT2D eigenvalue weighted by molar-refractivity contribution is 6.30. The first-order valence-corrected chi connectivity index (χ1v) is 13.3. The Morgan fingerprint density at radius 2 is 1.93 bits per heavy atom. The number of aromatic nitrogens is 2. The third-order valence-corrected chi connectivity index (χ3v) is 6.57. The van der Waals surface area contributed by atoms with Gasteiger partial charge < -0.3 is 24.3 Å². The lowest BCUT2D eigenvalue weighted by molar-refractivity contribution is -0.155. The predicted octanol–water partition coefficient (Wildman–Crippen LogP) is 3.68. The lowest BCUT2D eigenvalue weighted by atomic mass is 9.99. The maximum absolute atomic E-state index is 14.0. The average molecular weight is 584 g/mol. The average Bonchev–Trinajstić information content (AvgIpc) is 3.28. The molecule has 3 rings (SSSR count). The number of aromatic amines is 1. The number of carbonyl (C=O) groups excluding carboxylic acids is 2. The van der Waals surface area contributed by atoms with E-state index in [1.165, 1.54) is 0 Å². The molecule has 1 saturated heterocycles. The van der Waals surface area contributed by atoms with E-state index < -0.39 is 59.2 Å². The van der Waals surface area contributed by atoms with Gasteiger partial charge in [-0.2, -0.15) is 4.39 Å². The molecule has 1 fully saturated rings. The van der Waals surface area contributed by atoms with Crippen molar-refractivity contribution in [1.82, 2.24) is 14.9 Å². The lowest BCUT2D eigenvalue weighted by Gasteiger charge is -2.26. The van der Waals surface area contributed by atoms with E-state index >= 15 is 0 Å². The molecular formula is C27H35ClFN3O8. The highest BCUT2D eigenvalue weighted by Crippen LogP contribution is 2.31. The first-order valence-electron chi connectivity index (χ1n) is 13.0. The van der Waals surface area contributed by atoms with Crippen molar-refractivity contribution in [3.63, 3.8) is 0 Å². The summed E-state index contributed by atoms with van der Waals surface area (Å²) in [5.74, 6) is -2.12. The van der Waals surface area contributed by atoms with Gasteiger partial charge in [-0.25, -0.2) is 14.4 Å². The van der Waals surface area contributed by atoms with Crippen LogP contribution in [0.4, 0.5) is 9.18 Å². The normalized spacial score (nSPS) is 20.5. The summed E-state index contributed by atoms with van der Waals surface area (Å²) < 4.78 is 37.7. The van der Waals surface area contributed by atoms with Gasteiger partial charge in [-0.15, -0.1) is 0 Å². The molecule has 13 heteroatoms. The van der Waals surface area contributed by atoms with E-state index in [4.69, 9.17) is 30.5 Å². The summed E-state index contributed by atoms with van der Waals surface area (Å²) in [4.78, 5) is 51.1. The summed E-state index contributed by atoms with van der Waals surface area (Å²) in [7, 11) is 0. The van der Waals surface area contributed by atoms with Crippen LogP contribution in [0.15, 0.2) is 40.1 Å². The van der Waals surface area contributed by atoms with E-state index in [1.54, 1.807) is 52.0 Å². The maximum atomic E-state index is 14.0. The largest absolute Gasteiger partial charge is 0.461 e. The van der Waals surface area contributed by atoms with Crippen molar-refractivity contribution in [2.24, 2.45) is 5.92 Å². The zero-order chi connectivity index (χ0) is 29.6. The zero-order valence-corrected chi connectivity index (χ0v) is 23.8. The molecule has 0 radical (unpaired) electrons. The van der Waals surface area contributed by atoms with Crippen molar-refractivity contribution in [3.05, 3.63) is 67.7 Å². The molecule has 1 aromatic heterocycles. The second-order valence-electron chi connectivity index (χ2n) is 10.6. The van der Waals surface area contributed by atoms with Gasteiger partial charge in [0.15, 0.2) is 0 Å². The topological polar surface area (TPSA) is 138 Å². The number of benzene rings is 1. The van der Waals surface area contributed by atoms with E-state index in [0.29, 0.717) is 11.4 Å². The van der Waals surface area contributed by atoms with Gasteiger partial charge in [-0.1, -0.05) is 44.0 Å². The minimum Gasteiger partial charge on any atom is -0.461 e. The van der Waals surface area contributed by atoms with Crippen LogP contribution in [0.5, 0.6) is 0 Å². The summed E-state index contributed by atoms with van der Waals surface area (Å²) in [6, 6.07) is 6.00. The van der Waals surface area contributed by atoms with Crippen LogP contribution in [0.1, 0.15) is 59.3 Å². The minimum absolute atomic E-state index is 0.103. The van der Waals surface area contributed by atoms with Crippen molar-refractivity contribution < 1.29 is 32.9 Å². The van der Waals surface area contributed by atoms with Crippen LogP contribution in [0.2, 0.25) is 5.02 Å². The molecule has 1 amide bonds. The molecule has 2 heterocycles. The van der Waals surface area contributed by atoms with E-state index in [9.17, 15) is 23.6 Å². The number of nitrogens with zero attached hydrogens (tertiary/aromatic N) is 1. The van der Waals surface area contributed by atoms with Crippen LogP contribution < -0.4 is 16.6 Å². The highest BCUT2D eigenvalue weighted by atomic mass is 35.5. The van der Waals surface area contributed by atoms with Crippen molar-refractivity contribution in [2.75, 3.05) is 6.61 Å². The van der Waals surface area contributed by atoms with Gasteiger partial charge in [0, 0.05) is 11.4 Å². The van der Waals surface area contributed by atoms with Crippen molar-refractivity contribution in [1.29, 1.82) is 0 Å². The Hall–Kier alpha value is -3.22. The minimum atomic E-state index is -1.15. The van der Waals surface area contributed by atoms with Crippen LogP contribution in [-0.2, 0) is 30.3 Å². The van der Waals surface area contributed by atoms with Gasteiger partial charge in [0.1, 0.15) is 30.6 Å². The Labute approximate surface area is 235 Å². The van der Waals surface area contributed by atoms with Crippen LogP contribution in [0.3, 0.4) is 0 Å². The second kappa shape index (κ2) is 13.4. The Balaban J connectivity index is 1.75. The number of esters is 1. The Bertz CT molecular complexity index is 1290. The molecule has 0 bridgehead atoms. The second-order valence-corrected chi connectivity index (χ2v) is 11.1. The number of alkyl carbamates (subject to hydrolysis) is 1. The fraction of sp³-hybridized carbons (Fsp3) is 0.556. The molecule has 1 aromatic carbocycles. The molecular weight excluding hydrogens is 549 g/mol. The summed E-state index contributed by atoms with van der Waals surface area (Å²) in [6.45, 7) is 8.67. The number of nitrogens with one attached hydrogen (secondary N) is 2. The molecule has 5 atom stereocenters. The third kappa shape index (κ3) is 8.64. The molecule has 2 aromatic rings. The van der Waals surface area contributed by atoms with E-state index in [-0.39, 0.29) is 25.6 Å². The molecule has 220 valence electrons.